The second kappa shape index (κ2) is 6.71. The molecule has 0 radical (unpaired) electrons. The van der Waals surface area contributed by atoms with Gasteiger partial charge < -0.3 is 5.32 Å². The third kappa shape index (κ3) is 4.18. The number of carbonyl (C=O) groups excluding carboxylic acids is 1. The largest absolute Gasteiger partial charge is 0.356 e. The number of rotatable bonds is 4. The number of amides is 1. The van der Waals surface area contributed by atoms with E-state index in [2.05, 4.69) is 21.2 Å². The summed E-state index contributed by atoms with van der Waals surface area (Å²) >= 11 is 9.47. The molecule has 1 aliphatic rings. The third-order valence-electron chi connectivity index (χ3n) is 3.46. The number of hydrogen-bond donors (Lipinski definition) is 1. The predicted octanol–water partition coefficient (Wildman–Crippen LogP) is 3.70. The summed E-state index contributed by atoms with van der Waals surface area (Å²) < 4.78 is 13.5. The Bertz CT molecular complexity index is 449. The fourth-order valence-electron chi connectivity index (χ4n) is 2.38. The number of carbonyl (C=O) groups is 1. The van der Waals surface area contributed by atoms with Crippen molar-refractivity contribution in [1.82, 2.24) is 5.32 Å². The Morgan fingerprint density at radius 2 is 2.26 bits per heavy atom. The highest BCUT2D eigenvalue weighted by atomic mass is 79.9. The van der Waals surface area contributed by atoms with Gasteiger partial charge in [-0.1, -0.05) is 33.6 Å². The Labute approximate surface area is 125 Å². The molecular weight excluding hydrogens is 333 g/mol. The zero-order chi connectivity index (χ0) is 13.8. The standard InChI is InChI=1S/C14H16BrClFNO/c15-10-5-4-9(6-10)8-18-14(19)7-11-12(16)2-1-3-13(11)17/h1-3,9-10H,4-8H2,(H,18,19). The highest BCUT2D eigenvalue weighted by molar-refractivity contribution is 9.09. The van der Waals surface area contributed by atoms with Gasteiger partial charge in [-0.2, -0.15) is 0 Å². The minimum absolute atomic E-state index is 0.00400. The summed E-state index contributed by atoms with van der Waals surface area (Å²) in [5, 5.41) is 3.17. The van der Waals surface area contributed by atoms with Crippen molar-refractivity contribution in [1.29, 1.82) is 0 Å². The first kappa shape index (κ1) is 14.8. The van der Waals surface area contributed by atoms with Crippen LogP contribution in [0.2, 0.25) is 5.02 Å². The number of benzene rings is 1. The number of halogens is 3. The van der Waals surface area contributed by atoms with Crippen LogP contribution >= 0.6 is 27.5 Å². The van der Waals surface area contributed by atoms with Gasteiger partial charge in [0.2, 0.25) is 5.91 Å². The van der Waals surface area contributed by atoms with E-state index in [-0.39, 0.29) is 17.9 Å². The van der Waals surface area contributed by atoms with Gasteiger partial charge in [0.25, 0.3) is 0 Å². The van der Waals surface area contributed by atoms with E-state index in [0.717, 1.165) is 19.3 Å². The van der Waals surface area contributed by atoms with Crippen LogP contribution in [-0.4, -0.2) is 17.3 Å². The summed E-state index contributed by atoms with van der Waals surface area (Å²) in [5.74, 6) is -0.0847. The van der Waals surface area contributed by atoms with Gasteiger partial charge in [-0.05, 0) is 37.3 Å². The lowest BCUT2D eigenvalue weighted by atomic mass is 10.1. The molecule has 2 rings (SSSR count). The van der Waals surface area contributed by atoms with Crippen LogP contribution in [0.25, 0.3) is 0 Å². The van der Waals surface area contributed by atoms with Gasteiger partial charge in [0.1, 0.15) is 5.82 Å². The number of alkyl halides is 1. The molecule has 1 aliphatic carbocycles. The van der Waals surface area contributed by atoms with Crippen LogP contribution in [-0.2, 0) is 11.2 Å². The van der Waals surface area contributed by atoms with Gasteiger partial charge in [0.15, 0.2) is 0 Å². The van der Waals surface area contributed by atoms with Crippen molar-refractivity contribution in [3.05, 3.63) is 34.6 Å². The van der Waals surface area contributed by atoms with E-state index in [4.69, 9.17) is 11.6 Å². The summed E-state index contributed by atoms with van der Waals surface area (Å²) in [5.41, 5.74) is 0.270. The van der Waals surface area contributed by atoms with Crippen LogP contribution < -0.4 is 5.32 Å². The van der Waals surface area contributed by atoms with Crippen LogP contribution in [0.5, 0.6) is 0 Å². The summed E-state index contributed by atoms with van der Waals surface area (Å²) in [7, 11) is 0. The van der Waals surface area contributed by atoms with Crippen LogP contribution in [0.3, 0.4) is 0 Å². The molecule has 2 atom stereocenters. The molecule has 0 aliphatic heterocycles. The maximum atomic E-state index is 13.5. The minimum Gasteiger partial charge on any atom is -0.356 e. The minimum atomic E-state index is -0.427. The van der Waals surface area contributed by atoms with Crippen molar-refractivity contribution in [3.63, 3.8) is 0 Å². The van der Waals surface area contributed by atoms with Gasteiger partial charge in [-0.25, -0.2) is 4.39 Å². The van der Waals surface area contributed by atoms with Crippen molar-refractivity contribution in [2.75, 3.05) is 6.54 Å². The Morgan fingerprint density at radius 1 is 1.47 bits per heavy atom. The van der Waals surface area contributed by atoms with E-state index in [1.54, 1.807) is 6.07 Å². The van der Waals surface area contributed by atoms with Crippen molar-refractivity contribution in [3.8, 4) is 0 Å². The highest BCUT2D eigenvalue weighted by Crippen LogP contribution is 2.30. The molecule has 1 N–H and O–H groups in total. The molecule has 1 amide bonds. The summed E-state index contributed by atoms with van der Waals surface area (Å²) in [6, 6.07) is 4.45. The van der Waals surface area contributed by atoms with E-state index in [9.17, 15) is 9.18 Å². The van der Waals surface area contributed by atoms with Crippen LogP contribution in [0.4, 0.5) is 4.39 Å². The molecule has 0 bridgehead atoms. The second-order valence-corrected chi connectivity index (χ2v) is 6.66. The SMILES string of the molecule is O=C(Cc1c(F)cccc1Cl)NCC1CCC(Br)C1. The molecule has 2 nitrogen and oxygen atoms in total. The van der Waals surface area contributed by atoms with Gasteiger partial charge in [0, 0.05) is 22.0 Å². The van der Waals surface area contributed by atoms with Gasteiger partial charge in [-0.15, -0.1) is 0 Å². The van der Waals surface area contributed by atoms with Gasteiger partial charge in [-0.3, -0.25) is 4.79 Å². The van der Waals surface area contributed by atoms with Gasteiger partial charge in [0.05, 0.1) is 6.42 Å². The summed E-state index contributed by atoms with van der Waals surface area (Å²) in [4.78, 5) is 12.4. The lowest BCUT2D eigenvalue weighted by Crippen LogP contribution is -2.30. The second-order valence-electron chi connectivity index (χ2n) is 4.96. The fourth-order valence-corrected chi connectivity index (χ4v) is 3.40. The Balaban J connectivity index is 1.84. The van der Waals surface area contributed by atoms with E-state index < -0.39 is 5.82 Å². The Kier molecular flexibility index (Phi) is 5.22. The molecule has 0 heterocycles. The molecule has 5 heteroatoms. The lowest BCUT2D eigenvalue weighted by molar-refractivity contribution is -0.120. The quantitative estimate of drug-likeness (QED) is 0.826. The Morgan fingerprint density at radius 3 is 2.89 bits per heavy atom. The molecule has 104 valence electrons. The first-order valence-corrected chi connectivity index (χ1v) is 7.69. The fraction of sp³-hybridized carbons (Fsp3) is 0.500. The molecule has 0 aromatic heterocycles. The topological polar surface area (TPSA) is 29.1 Å². The van der Waals surface area contributed by atoms with Crippen LogP contribution in [0.1, 0.15) is 24.8 Å². The first-order valence-electron chi connectivity index (χ1n) is 6.40. The zero-order valence-electron chi connectivity index (χ0n) is 10.5. The molecular formula is C14H16BrClFNO. The Hall–Kier alpha value is -0.610. The number of hydrogen-bond acceptors (Lipinski definition) is 1. The average Bonchev–Trinajstić information content (AvgIpc) is 2.77. The van der Waals surface area contributed by atoms with E-state index in [1.165, 1.54) is 12.1 Å². The van der Waals surface area contributed by atoms with Gasteiger partial charge >= 0.3 is 0 Å². The molecule has 1 aromatic rings. The number of nitrogens with one attached hydrogen (secondary N) is 1. The smallest absolute Gasteiger partial charge is 0.224 e. The van der Waals surface area contributed by atoms with Crippen molar-refractivity contribution in [2.45, 2.75) is 30.5 Å². The predicted molar refractivity (Wildman–Crippen MR) is 78.2 cm³/mol. The third-order valence-corrected chi connectivity index (χ3v) is 4.65. The van der Waals surface area contributed by atoms with Crippen LogP contribution in [0.15, 0.2) is 18.2 Å². The summed E-state index contributed by atoms with van der Waals surface area (Å²) in [6.45, 7) is 0.660. The lowest BCUT2D eigenvalue weighted by Gasteiger charge is -2.11. The van der Waals surface area contributed by atoms with E-state index in [0.29, 0.717) is 22.3 Å². The molecule has 2 unspecified atom stereocenters. The first-order chi connectivity index (χ1) is 9.06. The van der Waals surface area contributed by atoms with Crippen molar-refractivity contribution in [2.24, 2.45) is 5.92 Å². The molecule has 1 aromatic carbocycles. The highest BCUT2D eigenvalue weighted by Gasteiger charge is 2.23. The molecule has 19 heavy (non-hydrogen) atoms. The van der Waals surface area contributed by atoms with E-state index >= 15 is 0 Å². The molecule has 0 saturated heterocycles. The molecule has 0 spiro atoms. The molecule has 1 fully saturated rings. The maximum absolute atomic E-state index is 13.5. The maximum Gasteiger partial charge on any atom is 0.224 e. The van der Waals surface area contributed by atoms with Crippen molar-refractivity contribution < 1.29 is 9.18 Å². The monoisotopic (exact) mass is 347 g/mol. The van der Waals surface area contributed by atoms with Crippen LogP contribution in [0, 0.1) is 11.7 Å². The molecule has 1 saturated carbocycles. The zero-order valence-corrected chi connectivity index (χ0v) is 12.8. The summed E-state index contributed by atoms with van der Waals surface area (Å²) in [6.07, 6.45) is 3.35. The average molecular weight is 349 g/mol. The van der Waals surface area contributed by atoms with Crippen molar-refractivity contribution >= 4 is 33.4 Å². The van der Waals surface area contributed by atoms with E-state index in [1.807, 2.05) is 0 Å². The normalized spacial score (nSPS) is 22.5.